The molecule has 2 unspecified atom stereocenters. The quantitative estimate of drug-likeness (QED) is 0.608. The Hall–Kier alpha value is -3.46. The summed E-state index contributed by atoms with van der Waals surface area (Å²) < 4.78 is 10.7. The largest absolute Gasteiger partial charge is 0.494 e. The Labute approximate surface area is 187 Å². The molecule has 2 N–H and O–H groups in total. The normalized spacial score (nSPS) is 18.4. The topological polar surface area (TPSA) is 102 Å². The number of nitrogens with one attached hydrogen (secondary N) is 2. The number of amides is 1. The molecular formula is C23H28N6O3. The molecule has 32 heavy (non-hydrogen) atoms. The first-order valence-electron chi connectivity index (χ1n) is 10.7. The molecule has 168 valence electrons. The number of fused-ring (bicyclic) bond motifs is 1. The van der Waals surface area contributed by atoms with Crippen molar-refractivity contribution in [1.82, 2.24) is 20.3 Å². The van der Waals surface area contributed by atoms with Crippen molar-refractivity contribution in [2.75, 3.05) is 37.0 Å². The summed E-state index contributed by atoms with van der Waals surface area (Å²) in [5, 5.41) is 7.19. The number of anilines is 2. The molecule has 0 spiro atoms. The third-order valence-corrected chi connectivity index (χ3v) is 5.32. The van der Waals surface area contributed by atoms with Crippen molar-refractivity contribution < 1.29 is 14.3 Å². The summed E-state index contributed by atoms with van der Waals surface area (Å²) in [6.07, 6.45) is 3.32. The van der Waals surface area contributed by atoms with E-state index in [1.807, 2.05) is 13.0 Å². The average molecular weight is 437 g/mol. The van der Waals surface area contributed by atoms with Crippen LogP contribution in [0.15, 0.2) is 36.7 Å². The van der Waals surface area contributed by atoms with Gasteiger partial charge in [0.25, 0.3) is 5.91 Å². The number of hydrogen-bond donors (Lipinski definition) is 2. The second-order valence-corrected chi connectivity index (χ2v) is 7.89. The fourth-order valence-electron chi connectivity index (χ4n) is 4.09. The Kier molecular flexibility index (Phi) is 6.36. The van der Waals surface area contributed by atoms with E-state index >= 15 is 0 Å². The number of methoxy groups -OCH3 is 1. The van der Waals surface area contributed by atoms with E-state index in [0.29, 0.717) is 41.3 Å². The Balaban J connectivity index is 1.71. The van der Waals surface area contributed by atoms with Gasteiger partial charge < -0.3 is 25.0 Å². The second kappa shape index (κ2) is 9.35. The summed E-state index contributed by atoms with van der Waals surface area (Å²) in [6.45, 7) is 8.46. The molecule has 0 saturated carbocycles. The Morgan fingerprint density at radius 2 is 2.00 bits per heavy atom. The van der Waals surface area contributed by atoms with Gasteiger partial charge in [0.2, 0.25) is 0 Å². The molecule has 3 heterocycles. The molecule has 1 aliphatic rings. The average Bonchev–Trinajstić information content (AvgIpc) is 2.77. The van der Waals surface area contributed by atoms with Gasteiger partial charge in [-0.1, -0.05) is 0 Å². The Morgan fingerprint density at radius 3 is 2.72 bits per heavy atom. The molecule has 2 atom stereocenters. The molecule has 0 aliphatic carbocycles. The molecule has 9 nitrogen and oxygen atoms in total. The zero-order valence-electron chi connectivity index (χ0n) is 18.8. The van der Waals surface area contributed by atoms with Gasteiger partial charge >= 0.3 is 6.01 Å². The Morgan fingerprint density at radius 1 is 1.22 bits per heavy atom. The van der Waals surface area contributed by atoms with E-state index in [2.05, 4.69) is 44.3 Å². The molecule has 9 heteroatoms. The van der Waals surface area contributed by atoms with E-state index in [1.54, 1.807) is 30.6 Å². The number of hydrogen-bond acceptors (Lipinski definition) is 8. The lowest BCUT2D eigenvalue weighted by Crippen LogP contribution is -2.54. The summed E-state index contributed by atoms with van der Waals surface area (Å²) in [5.74, 6) is 0.735. The van der Waals surface area contributed by atoms with E-state index in [9.17, 15) is 4.79 Å². The van der Waals surface area contributed by atoms with Crippen LogP contribution in [-0.4, -0.2) is 59.7 Å². The highest BCUT2D eigenvalue weighted by Gasteiger charge is 2.24. The van der Waals surface area contributed by atoms with Crippen molar-refractivity contribution in [1.29, 1.82) is 0 Å². The monoisotopic (exact) mass is 436 g/mol. The predicted octanol–water partition coefficient (Wildman–Crippen LogP) is 2.87. The zero-order valence-corrected chi connectivity index (χ0v) is 18.8. The first-order valence-corrected chi connectivity index (χ1v) is 10.7. The molecule has 1 aliphatic heterocycles. The standard InChI is InChI=1S/C23H28N6O3/c1-5-32-16-8-9-24-20(10-16)27-22(30)17-6-7-19(29-12-14(2)26-15(3)13-29)18-11-25-23(31-4)28-21(17)18/h6-11,14-15,26H,5,12-13H2,1-4H3,(H,24,27,30). The van der Waals surface area contributed by atoms with Crippen LogP contribution >= 0.6 is 0 Å². The highest BCUT2D eigenvalue weighted by molar-refractivity contribution is 6.13. The maximum Gasteiger partial charge on any atom is 0.316 e. The number of carbonyl (C=O) groups is 1. The van der Waals surface area contributed by atoms with Gasteiger partial charge in [-0.05, 0) is 39.0 Å². The minimum Gasteiger partial charge on any atom is -0.494 e. The van der Waals surface area contributed by atoms with Crippen LogP contribution < -0.4 is 25.0 Å². The molecule has 1 aromatic carbocycles. The number of pyridine rings is 1. The van der Waals surface area contributed by atoms with Crippen molar-refractivity contribution in [2.24, 2.45) is 0 Å². The minimum atomic E-state index is -0.314. The molecule has 0 radical (unpaired) electrons. The molecule has 3 aromatic rings. The highest BCUT2D eigenvalue weighted by atomic mass is 16.5. The molecule has 1 fully saturated rings. The fourth-order valence-corrected chi connectivity index (χ4v) is 4.09. The lowest BCUT2D eigenvalue weighted by Gasteiger charge is -2.38. The number of carbonyl (C=O) groups excluding carboxylic acids is 1. The van der Waals surface area contributed by atoms with Crippen molar-refractivity contribution in [2.45, 2.75) is 32.9 Å². The third kappa shape index (κ3) is 4.57. The maximum absolute atomic E-state index is 13.2. The van der Waals surface area contributed by atoms with Crippen molar-refractivity contribution in [3.63, 3.8) is 0 Å². The van der Waals surface area contributed by atoms with E-state index in [-0.39, 0.29) is 11.9 Å². The van der Waals surface area contributed by atoms with E-state index < -0.39 is 0 Å². The molecule has 1 amide bonds. The molecule has 0 bridgehead atoms. The van der Waals surface area contributed by atoms with Gasteiger partial charge in [-0.3, -0.25) is 4.79 Å². The van der Waals surface area contributed by atoms with E-state index in [1.165, 1.54) is 7.11 Å². The summed E-state index contributed by atoms with van der Waals surface area (Å²) >= 11 is 0. The highest BCUT2D eigenvalue weighted by Crippen LogP contribution is 2.31. The van der Waals surface area contributed by atoms with Crippen LogP contribution in [0.1, 0.15) is 31.1 Å². The van der Waals surface area contributed by atoms with Crippen molar-refractivity contribution in [3.8, 4) is 11.8 Å². The third-order valence-electron chi connectivity index (χ3n) is 5.32. The summed E-state index contributed by atoms with van der Waals surface area (Å²) in [4.78, 5) is 28.5. The lowest BCUT2D eigenvalue weighted by atomic mass is 10.0. The van der Waals surface area contributed by atoms with Crippen LogP contribution in [0.2, 0.25) is 0 Å². The fraction of sp³-hybridized carbons (Fsp3) is 0.391. The second-order valence-electron chi connectivity index (χ2n) is 7.89. The zero-order chi connectivity index (χ0) is 22.7. The van der Waals surface area contributed by atoms with Crippen LogP contribution in [0.25, 0.3) is 10.9 Å². The number of ether oxygens (including phenoxy) is 2. The van der Waals surface area contributed by atoms with Gasteiger partial charge in [-0.15, -0.1) is 0 Å². The van der Waals surface area contributed by atoms with Crippen molar-refractivity contribution >= 4 is 28.3 Å². The van der Waals surface area contributed by atoms with Gasteiger partial charge in [-0.25, -0.2) is 9.97 Å². The SMILES string of the molecule is CCOc1ccnc(NC(=O)c2ccc(N3CC(C)NC(C)C3)c3cnc(OC)nc23)c1. The van der Waals surface area contributed by atoms with Gasteiger partial charge in [-0.2, -0.15) is 4.98 Å². The number of rotatable bonds is 6. The smallest absolute Gasteiger partial charge is 0.316 e. The van der Waals surface area contributed by atoms with E-state index in [0.717, 1.165) is 24.2 Å². The van der Waals surface area contributed by atoms with Gasteiger partial charge in [0.15, 0.2) is 0 Å². The van der Waals surface area contributed by atoms with Crippen molar-refractivity contribution in [3.05, 3.63) is 42.2 Å². The first kappa shape index (κ1) is 21.8. The minimum absolute atomic E-state index is 0.210. The molecular weight excluding hydrogens is 408 g/mol. The summed E-state index contributed by atoms with van der Waals surface area (Å²) in [5.41, 5.74) is 1.95. The van der Waals surface area contributed by atoms with Crippen LogP contribution in [-0.2, 0) is 0 Å². The molecule has 2 aromatic heterocycles. The van der Waals surface area contributed by atoms with Gasteiger partial charge in [0.05, 0.1) is 24.8 Å². The molecule has 4 rings (SSSR count). The van der Waals surface area contributed by atoms with Gasteiger partial charge in [0.1, 0.15) is 11.6 Å². The van der Waals surface area contributed by atoms with Gasteiger partial charge in [0, 0.05) is 54.7 Å². The van der Waals surface area contributed by atoms with Crippen LogP contribution in [0.3, 0.4) is 0 Å². The number of nitrogens with zero attached hydrogens (tertiary/aromatic N) is 4. The number of benzene rings is 1. The van der Waals surface area contributed by atoms with Crippen LogP contribution in [0.4, 0.5) is 11.5 Å². The Bertz CT molecular complexity index is 1110. The lowest BCUT2D eigenvalue weighted by molar-refractivity contribution is 0.102. The van der Waals surface area contributed by atoms with Crippen LogP contribution in [0, 0.1) is 0 Å². The van der Waals surface area contributed by atoms with E-state index in [4.69, 9.17) is 9.47 Å². The number of aromatic nitrogens is 3. The summed E-state index contributed by atoms with van der Waals surface area (Å²) in [7, 11) is 1.51. The van der Waals surface area contributed by atoms with Crippen LogP contribution in [0.5, 0.6) is 11.8 Å². The molecule has 1 saturated heterocycles. The summed E-state index contributed by atoms with van der Waals surface area (Å²) in [6, 6.07) is 8.10. The first-order chi connectivity index (χ1) is 15.5. The predicted molar refractivity (Wildman–Crippen MR) is 124 cm³/mol. The maximum atomic E-state index is 13.2. The number of piperazine rings is 1.